The first kappa shape index (κ1) is 13.3. The molecule has 0 radical (unpaired) electrons. The fourth-order valence-electron chi connectivity index (χ4n) is 1.80. The van der Waals surface area contributed by atoms with Crippen molar-refractivity contribution < 1.29 is 4.39 Å². The number of benzene rings is 2. The first-order valence-electron chi connectivity index (χ1n) is 5.29. The molecule has 0 aliphatic carbocycles. The van der Waals surface area contributed by atoms with Gasteiger partial charge in [-0.25, -0.2) is 9.82 Å². The molecule has 0 saturated heterocycles. The van der Waals surface area contributed by atoms with Gasteiger partial charge < -0.3 is 0 Å². The van der Waals surface area contributed by atoms with Gasteiger partial charge in [0.2, 0.25) is 0 Å². The van der Waals surface area contributed by atoms with Crippen molar-refractivity contribution in [2.75, 3.05) is 0 Å². The Bertz CT molecular complexity index is 560. The molecule has 18 heavy (non-hydrogen) atoms. The van der Waals surface area contributed by atoms with Crippen LogP contribution >= 0.6 is 23.2 Å². The average molecular weight is 285 g/mol. The lowest BCUT2D eigenvalue weighted by Crippen LogP contribution is -2.29. The third-order valence-corrected chi connectivity index (χ3v) is 3.42. The molecule has 94 valence electrons. The summed E-state index contributed by atoms with van der Waals surface area (Å²) in [6.07, 6.45) is 0. The zero-order chi connectivity index (χ0) is 13.1. The minimum Gasteiger partial charge on any atom is -0.271 e. The number of nitrogens with two attached hydrogens (primary N) is 1. The van der Waals surface area contributed by atoms with Crippen molar-refractivity contribution in [2.24, 2.45) is 5.84 Å². The summed E-state index contributed by atoms with van der Waals surface area (Å²) in [5.74, 6) is 5.05. The number of hydrogen-bond acceptors (Lipinski definition) is 2. The van der Waals surface area contributed by atoms with Gasteiger partial charge in [0.1, 0.15) is 5.82 Å². The summed E-state index contributed by atoms with van der Waals surface area (Å²) in [5.41, 5.74) is 3.90. The topological polar surface area (TPSA) is 38.0 Å². The molecule has 2 nitrogen and oxygen atoms in total. The van der Waals surface area contributed by atoms with Gasteiger partial charge in [-0.05, 0) is 23.3 Å². The molecule has 1 unspecified atom stereocenters. The minimum absolute atomic E-state index is 0.0420. The van der Waals surface area contributed by atoms with Gasteiger partial charge in [-0.2, -0.15) is 0 Å². The number of halogens is 3. The van der Waals surface area contributed by atoms with Crippen molar-refractivity contribution in [3.63, 3.8) is 0 Å². The molecule has 2 aromatic carbocycles. The van der Waals surface area contributed by atoms with Crippen LogP contribution in [0.5, 0.6) is 0 Å². The highest BCUT2D eigenvalue weighted by atomic mass is 35.5. The van der Waals surface area contributed by atoms with Gasteiger partial charge in [-0.15, -0.1) is 0 Å². The summed E-state index contributed by atoms with van der Waals surface area (Å²) in [7, 11) is 0. The van der Waals surface area contributed by atoms with Gasteiger partial charge in [0.05, 0.1) is 11.1 Å². The first-order chi connectivity index (χ1) is 8.65. The van der Waals surface area contributed by atoms with Crippen LogP contribution in [0.4, 0.5) is 4.39 Å². The molecule has 0 amide bonds. The molecule has 2 rings (SSSR count). The molecular weight excluding hydrogens is 274 g/mol. The maximum atomic E-state index is 13.5. The first-order valence-corrected chi connectivity index (χ1v) is 6.05. The van der Waals surface area contributed by atoms with E-state index in [9.17, 15) is 4.39 Å². The van der Waals surface area contributed by atoms with Crippen molar-refractivity contribution in [3.8, 4) is 0 Å². The largest absolute Gasteiger partial charge is 0.271 e. The molecule has 0 saturated carbocycles. The zero-order valence-corrected chi connectivity index (χ0v) is 10.8. The summed E-state index contributed by atoms with van der Waals surface area (Å²) in [6.45, 7) is 0. The van der Waals surface area contributed by atoms with E-state index >= 15 is 0 Å². The molecule has 0 aliphatic rings. The van der Waals surface area contributed by atoms with Crippen LogP contribution in [-0.2, 0) is 0 Å². The van der Waals surface area contributed by atoms with Crippen molar-refractivity contribution in [1.82, 2.24) is 5.43 Å². The molecule has 0 bridgehead atoms. The second-order valence-electron chi connectivity index (χ2n) is 3.76. The van der Waals surface area contributed by atoms with E-state index in [4.69, 9.17) is 29.0 Å². The summed E-state index contributed by atoms with van der Waals surface area (Å²) in [5, 5.41) is 0.584. The fraction of sp³-hybridized carbons (Fsp3) is 0.0769. The second-order valence-corrected chi connectivity index (χ2v) is 4.55. The van der Waals surface area contributed by atoms with Crippen LogP contribution in [-0.4, -0.2) is 0 Å². The highest BCUT2D eigenvalue weighted by Crippen LogP contribution is 2.32. The second kappa shape index (κ2) is 5.67. The summed E-state index contributed by atoms with van der Waals surface area (Å²) in [4.78, 5) is 0. The molecular formula is C13H11Cl2FN2. The maximum absolute atomic E-state index is 13.5. The molecule has 0 fully saturated rings. The van der Waals surface area contributed by atoms with Crippen molar-refractivity contribution in [2.45, 2.75) is 6.04 Å². The Kier molecular flexibility index (Phi) is 4.19. The molecule has 0 heterocycles. The Hall–Kier alpha value is -1.13. The lowest BCUT2D eigenvalue weighted by Gasteiger charge is -2.19. The minimum atomic E-state index is -0.485. The molecule has 1 atom stereocenters. The SMILES string of the molecule is NNC(c1ccccc1Cl)c1cccc(F)c1Cl. The van der Waals surface area contributed by atoms with E-state index < -0.39 is 11.9 Å². The normalized spacial score (nSPS) is 12.4. The van der Waals surface area contributed by atoms with E-state index in [0.29, 0.717) is 10.6 Å². The number of nitrogens with one attached hydrogen (secondary N) is 1. The van der Waals surface area contributed by atoms with E-state index in [0.717, 1.165) is 5.56 Å². The van der Waals surface area contributed by atoms with Crippen LogP contribution in [0.3, 0.4) is 0 Å². The Morgan fingerprint density at radius 1 is 1.00 bits per heavy atom. The molecule has 5 heteroatoms. The monoisotopic (exact) mass is 284 g/mol. The summed E-state index contributed by atoms with van der Waals surface area (Å²) >= 11 is 12.1. The van der Waals surface area contributed by atoms with E-state index in [2.05, 4.69) is 5.43 Å². The van der Waals surface area contributed by atoms with E-state index in [-0.39, 0.29) is 5.02 Å². The summed E-state index contributed by atoms with van der Waals surface area (Å²) < 4.78 is 13.5. The number of rotatable bonds is 3. The van der Waals surface area contributed by atoms with Crippen LogP contribution in [0.15, 0.2) is 42.5 Å². The lowest BCUT2D eigenvalue weighted by atomic mass is 9.99. The number of hydrazine groups is 1. The highest BCUT2D eigenvalue weighted by Gasteiger charge is 2.19. The van der Waals surface area contributed by atoms with Gasteiger partial charge in [-0.1, -0.05) is 53.5 Å². The Morgan fingerprint density at radius 2 is 1.67 bits per heavy atom. The maximum Gasteiger partial charge on any atom is 0.142 e. The Labute approximate surface area is 114 Å². The predicted octanol–water partition coefficient (Wildman–Crippen LogP) is 3.69. The molecule has 0 spiro atoms. The van der Waals surface area contributed by atoms with Crippen LogP contribution < -0.4 is 11.3 Å². The number of hydrogen-bond donors (Lipinski definition) is 2. The van der Waals surface area contributed by atoms with Gasteiger partial charge in [0.15, 0.2) is 0 Å². The fourth-order valence-corrected chi connectivity index (χ4v) is 2.28. The summed E-state index contributed by atoms with van der Waals surface area (Å²) in [6, 6.07) is 11.3. The smallest absolute Gasteiger partial charge is 0.142 e. The van der Waals surface area contributed by atoms with Crippen molar-refractivity contribution in [3.05, 3.63) is 69.5 Å². The molecule has 3 N–H and O–H groups in total. The third kappa shape index (κ3) is 2.49. The highest BCUT2D eigenvalue weighted by molar-refractivity contribution is 6.32. The van der Waals surface area contributed by atoms with Gasteiger partial charge in [-0.3, -0.25) is 5.84 Å². The van der Waals surface area contributed by atoms with Crippen molar-refractivity contribution in [1.29, 1.82) is 0 Å². The van der Waals surface area contributed by atoms with Crippen LogP contribution in [0.2, 0.25) is 10.0 Å². The van der Waals surface area contributed by atoms with Gasteiger partial charge >= 0.3 is 0 Å². The van der Waals surface area contributed by atoms with Crippen LogP contribution in [0.25, 0.3) is 0 Å². The van der Waals surface area contributed by atoms with E-state index in [1.165, 1.54) is 6.07 Å². The van der Waals surface area contributed by atoms with Gasteiger partial charge in [0.25, 0.3) is 0 Å². The molecule has 2 aromatic rings. The molecule has 0 aliphatic heterocycles. The average Bonchev–Trinajstić information content (AvgIpc) is 2.37. The third-order valence-electron chi connectivity index (χ3n) is 2.68. The lowest BCUT2D eigenvalue weighted by molar-refractivity contribution is 0.606. The standard InChI is InChI=1S/C13H11Cl2FN2/c14-10-6-2-1-4-8(10)13(18-17)9-5-3-7-11(16)12(9)15/h1-7,13,18H,17H2. The van der Waals surface area contributed by atoms with Gasteiger partial charge in [0, 0.05) is 5.02 Å². The van der Waals surface area contributed by atoms with Crippen LogP contribution in [0.1, 0.15) is 17.2 Å². The predicted molar refractivity (Wildman–Crippen MR) is 72.0 cm³/mol. The Balaban J connectivity index is 2.53. The van der Waals surface area contributed by atoms with E-state index in [1.807, 2.05) is 18.2 Å². The Morgan fingerprint density at radius 3 is 2.33 bits per heavy atom. The quantitative estimate of drug-likeness (QED) is 0.666. The van der Waals surface area contributed by atoms with Crippen LogP contribution in [0, 0.1) is 5.82 Å². The van der Waals surface area contributed by atoms with Crippen molar-refractivity contribution >= 4 is 23.2 Å². The van der Waals surface area contributed by atoms with E-state index in [1.54, 1.807) is 18.2 Å². The molecule has 0 aromatic heterocycles. The zero-order valence-electron chi connectivity index (χ0n) is 9.33.